The Kier molecular flexibility index (Phi) is 4.20. The second kappa shape index (κ2) is 5.20. The molecule has 0 aliphatic heterocycles. The monoisotopic (exact) mass is 218 g/mol. The van der Waals surface area contributed by atoms with E-state index in [1.165, 1.54) is 0 Å². The van der Waals surface area contributed by atoms with Crippen LogP contribution < -0.4 is 5.32 Å². The van der Waals surface area contributed by atoms with E-state index in [9.17, 15) is 9.59 Å². The largest absolute Gasteiger partial charge is 0.325 e. The van der Waals surface area contributed by atoms with Gasteiger partial charge in [-0.05, 0) is 19.3 Å². The lowest BCUT2D eigenvalue weighted by Crippen LogP contribution is -2.48. The van der Waals surface area contributed by atoms with E-state index in [1.54, 1.807) is 11.9 Å². The minimum absolute atomic E-state index is 0.186. The van der Waals surface area contributed by atoms with Crippen LogP contribution in [0.1, 0.15) is 25.7 Å². The fourth-order valence-corrected chi connectivity index (χ4v) is 1.47. The molecule has 0 spiro atoms. The number of alkyl halides is 1. The van der Waals surface area contributed by atoms with E-state index in [0.29, 0.717) is 6.04 Å². The number of amides is 3. The molecule has 3 amide bonds. The van der Waals surface area contributed by atoms with Crippen molar-refractivity contribution < 1.29 is 9.59 Å². The zero-order valence-corrected chi connectivity index (χ0v) is 9.01. The van der Waals surface area contributed by atoms with Crippen molar-refractivity contribution in [2.45, 2.75) is 31.7 Å². The van der Waals surface area contributed by atoms with Gasteiger partial charge < -0.3 is 4.90 Å². The van der Waals surface area contributed by atoms with E-state index in [1.807, 2.05) is 0 Å². The zero-order valence-electron chi connectivity index (χ0n) is 8.25. The van der Waals surface area contributed by atoms with Crippen LogP contribution in [0.5, 0.6) is 0 Å². The SMILES string of the molecule is CN(C(=O)NC(=O)CCCl)C1CCC1. The van der Waals surface area contributed by atoms with Gasteiger partial charge in [-0.3, -0.25) is 10.1 Å². The number of hydrogen-bond acceptors (Lipinski definition) is 2. The zero-order chi connectivity index (χ0) is 10.6. The van der Waals surface area contributed by atoms with Crippen molar-refractivity contribution >= 4 is 23.5 Å². The predicted molar refractivity (Wildman–Crippen MR) is 54.3 cm³/mol. The molecule has 0 atom stereocenters. The number of urea groups is 1. The molecule has 1 saturated carbocycles. The molecule has 0 saturated heterocycles. The Morgan fingerprint density at radius 2 is 2.14 bits per heavy atom. The van der Waals surface area contributed by atoms with E-state index >= 15 is 0 Å². The normalized spacial score (nSPS) is 15.9. The van der Waals surface area contributed by atoms with E-state index < -0.39 is 0 Å². The summed E-state index contributed by atoms with van der Waals surface area (Å²) >= 11 is 5.37. The number of halogens is 1. The first-order chi connectivity index (χ1) is 6.65. The van der Waals surface area contributed by atoms with E-state index in [4.69, 9.17) is 11.6 Å². The lowest BCUT2D eigenvalue weighted by Gasteiger charge is -2.34. The molecule has 14 heavy (non-hydrogen) atoms. The lowest BCUT2D eigenvalue weighted by atomic mass is 9.92. The van der Waals surface area contributed by atoms with Crippen LogP contribution >= 0.6 is 11.6 Å². The summed E-state index contributed by atoms with van der Waals surface area (Å²) in [6.07, 6.45) is 3.42. The molecular weight excluding hydrogens is 204 g/mol. The quantitative estimate of drug-likeness (QED) is 0.727. The second-order valence-electron chi connectivity index (χ2n) is 3.49. The van der Waals surface area contributed by atoms with Crippen molar-refractivity contribution in [3.05, 3.63) is 0 Å². The van der Waals surface area contributed by atoms with Crippen molar-refractivity contribution in [1.29, 1.82) is 0 Å². The molecule has 1 N–H and O–H groups in total. The fraction of sp³-hybridized carbons (Fsp3) is 0.778. The van der Waals surface area contributed by atoms with Crippen molar-refractivity contribution in [2.75, 3.05) is 12.9 Å². The minimum atomic E-state index is -0.315. The lowest BCUT2D eigenvalue weighted by molar-refractivity contribution is -0.119. The van der Waals surface area contributed by atoms with Gasteiger partial charge in [0.1, 0.15) is 0 Å². The topological polar surface area (TPSA) is 49.4 Å². The van der Waals surface area contributed by atoms with Gasteiger partial charge in [-0.25, -0.2) is 4.79 Å². The van der Waals surface area contributed by atoms with Crippen LogP contribution in [-0.4, -0.2) is 35.8 Å². The first-order valence-corrected chi connectivity index (χ1v) is 5.31. The highest BCUT2D eigenvalue weighted by Crippen LogP contribution is 2.23. The molecule has 1 rings (SSSR count). The maximum absolute atomic E-state index is 11.4. The summed E-state index contributed by atoms with van der Waals surface area (Å²) in [4.78, 5) is 24.1. The van der Waals surface area contributed by atoms with Gasteiger partial charge in [0, 0.05) is 25.4 Å². The number of rotatable bonds is 3. The number of nitrogens with one attached hydrogen (secondary N) is 1. The summed E-state index contributed by atoms with van der Waals surface area (Å²) in [5.41, 5.74) is 0. The Morgan fingerprint density at radius 3 is 2.57 bits per heavy atom. The van der Waals surface area contributed by atoms with Crippen LogP contribution in [0.25, 0.3) is 0 Å². The molecule has 5 heteroatoms. The number of nitrogens with zero attached hydrogens (tertiary/aromatic N) is 1. The number of imide groups is 1. The number of carbonyl (C=O) groups is 2. The smallest absolute Gasteiger partial charge is 0.324 e. The maximum atomic E-state index is 11.4. The average molecular weight is 219 g/mol. The minimum Gasteiger partial charge on any atom is -0.325 e. The number of carbonyl (C=O) groups excluding carboxylic acids is 2. The second-order valence-corrected chi connectivity index (χ2v) is 3.87. The van der Waals surface area contributed by atoms with Crippen molar-refractivity contribution in [3.8, 4) is 0 Å². The molecule has 1 aliphatic rings. The summed E-state index contributed by atoms with van der Waals surface area (Å²) < 4.78 is 0. The van der Waals surface area contributed by atoms with Gasteiger partial charge in [-0.1, -0.05) is 0 Å². The van der Waals surface area contributed by atoms with Gasteiger partial charge in [0.15, 0.2) is 0 Å². The summed E-state index contributed by atoms with van der Waals surface area (Å²) in [6, 6.07) is -0.0105. The molecule has 0 aromatic rings. The Labute approximate surface area is 88.6 Å². The molecule has 1 aliphatic carbocycles. The molecule has 0 bridgehead atoms. The third-order valence-electron chi connectivity index (χ3n) is 2.51. The first-order valence-electron chi connectivity index (χ1n) is 4.77. The van der Waals surface area contributed by atoms with Crippen molar-refractivity contribution in [2.24, 2.45) is 0 Å². The third-order valence-corrected chi connectivity index (χ3v) is 2.70. The molecule has 1 fully saturated rings. The van der Waals surface area contributed by atoms with Gasteiger partial charge in [0.25, 0.3) is 0 Å². The summed E-state index contributed by atoms with van der Waals surface area (Å²) in [6.45, 7) is 0. The van der Waals surface area contributed by atoms with E-state index in [-0.39, 0.29) is 24.2 Å². The van der Waals surface area contributed by atoms with Crippen LogP contribution in [0, 0.1) is 0 Å². The fourth-order valence-electron chi connectivity index (χ4n) is 1.30. The Bertz CT molecular complexity index is 229. The van der Waals surface area contributed by atoms with Crippen LogP contribution in [-0.2, 0) is 4.79 Å². The molecule has 0 unspecified atom stereocenters. The third kappa shape index (κ3) is 2.87. The summed E-state index contributed by atoms with van der Waals surface area (Å²) in [5.74, 6) is -0.0668. The van der Waals surface area contributed by atoms with Crippen LogP contribution in [0.2, 0.25) is 0 Å². The molecule has 0 heterocycles. The van der Waals surface area contributed by atoms with Crippen LogP contribution in [0.3, 0.4) is 0 Å². The summed E-state index contributed by atoms with van der Waals surface area (Å²) in [7, 11) is 1.72. The van der Waals surface area contributed by atoms with Gasteiger partial charge in [-0.2, -0.15) is 0 Å². The van der Waals surface area contributed by atoms with Gasteiger partial charge in [0.2, 0.25) is 5.91 Å². The standard InChI is InChI=1S/C9H15ClN2O2/c1-12(7-3-2-4-7)9(14)11-8(13)5-6-10/h7H,2-6H2,1H3,(H,11,13,14). The van der Waals surface area contributed by atoms with Gasteiger partial charge in [0.05, 0.1) is 0 Å². The predicted octanol–water partition coefficient (Wildman–Crippen LogP) is 1.34. The van der Waals surface area contributed by atoms with E-state index in [2.05, 4.69) is 5.32 Å². The average Bonchev–Trinajstić information content (AvgIpc) is 2.01. The highest BCUT2D eigenvalue weighted by molar-refractivity contribution is 6.19. The molecule has 0 aromatic carbocycles. The molecule has 0 radical (unpaired) electrons. The Morgan fingerprint density at radius 1 is 1.50 bits per heavy atom. The van der Waals surface area contributed by atoms with Crippen molar-refractivity contribution in [1.82, 2.24) is 10.2 Å². The molecule has 0 aromatic heterocycles. The van der Waals surface area contributed by atoms with Gasteiger partial charge >= 0.3 is 6.03 Å². The summed E-state index contributed by atoms with van der Waals surface area (Å²) in [5, 5.41) is 2.29. The van der Waals surface area contributed by atoms with Gasteiger partial charge in [-0.15, -0.1) is 11.6 Å². The molecular formula is C9H15ClN2O2. The van der Waals surface area contributed by atoms with Crippen LogP contribution in [0.4, 0.5) is 4.79 Å². The Balaban J connectivity index is 2.29. The molecule has 4 nitrogen and oxygen atoms in total. The number of hydrogen-bond donors (Lipinski definition) is 1. The highest BCUT2D eigenvalue weighted by Gasteiger charge is 2.26. The maximum Gasteiger partial charge on any atom is 0.324 e. The highest BCUT2D eigenvalue weighted by atomic mass is 35.5. The Hall–Kier alpha value is -0.770. The van der Waals surface area contributed by atoms with Crippen molar-refractivity contribution in [3.63, 3.8) is 0 Å². The van der Waals surface area contributed by atoms with E-state index in [0.717, 1.165) is 19.3 Å². The van der Waals surface area contributed by atoms with Crippen LogP contribution in [0.15, 0.2) is 0 Å². The molecule has 80 valence electrons. The first kappa shape index (κ1) is 11.3.